The first kappa shape index (κ1) is 21.2. The molecule has 1 saturated heterocycles. The van der Waals surface area contributed by atoms with Gasteiger partial charge in [0.1, 0.15) is 0 Å². The number of carbonyl (C=O) groups is 1. The molecule has 1 fully saturated rings. The van der Waals surface area contributed by atoms with E-state index in [0.717, 1.165) is 44.3 Å². The van der Waals surface area contributed by atoms with Gasteiger partial charge in [0.2, 0.25) is 0 Å². The summed E-state index contributed by atoms with van der Waals surface area (Å²) >= 11 is 0. The van der Waals surface area contributed by atoms with Crippen molar-refractivity contribution < 1.29 is 9.53 Å². The Morgan fingerprint density at radius 1 is 1.30 bits per heavy atom. The number of hydrogen-bond donors (Lipinski definition) is 3. The van der Waals surface area contributed by atoms with E-state index in [0.29, 0.717) is 18.0 Å². The van der Waals surface area contributed by atoms with E-state index in [9.17, 15) is 4.79 Å². The van der Waals surface area contributed by atoms with Gasteiger partial charge in [-0.05, 0) is 23.6 Å². The van der Waals surface area contributed by atoms with Gasteiger partial charge in [-0.2, -0.15) is 0 Å². The molecule has 1 unspecified atom stereocenters. The Hall–Kier alpha value is -2.12. The van der Waals surface area contributed by atoms with Crippen molar-refractivity contribution in [3.63, 3.8) is 0 Å². The average Bonchev–Trinajstić information content (AvgIpc) is 2.67. The maximum Gasteiger partial charge on any atom is 0.251 e. The summed E-state index contributed by atoms with van der Waals surface area (Å²) in [6.07, 6.45) is 0.169. The Labute approximate surface area is 162 Å². The van der Waals surface area contributed by atoms with E-state index in [2.05, 4.69) is 39.7 Å². The molecule has 0 spiro atoms. The molecule has 3 N–H and O–H groups in total. The number of nitrogens with zero attached hydrogens (tertiary/aromatic N) is 2. The predicted molar refractivity (Wildman–Crippen MR) is 109 cm³/mol. The number of ether oxygens (including phenoxy) is 1. The Morgan fingerprint density at radius 2 is 2.04 bits per heavy atom. The lowest BCUT2D eigenvalue weighted by molar-refractivity contribution is -0.0284. The van der Waals surface area contributed by atoms with Crippen LogP contribution in [0, 0.1) is 5.92 Å². The second-order valence-electron chi connectivity index (χ2n) is 7.23. The fourth-order valence-corrected chi connectivity index (χ4v) is 3.12. The summed E-state index contributed by atoms with van der Waals surface area (Å²) in [5.41, 5.74) is 1.74. The molecule has 0 aliphatic carbocycles. The Kier molecular flexibility index (Phi) is 8.54. The van der Waals surface area contributed by atoms with Crippen molar-refractivity contribution in [1.29, 1.82) is 0 Å². The molecule has 27 heavy (non-hydrogen) atoms. The van der Waals surface area contributed by atoms with Crippen LogP contribution >= 0.6 is 0 Å². The summed E-state index contributed by atoms with van der Waals surface area (Å²) in [6, 6.07) is 7.54. The van der Waals surface area contributed by atoms with Crippen LogP contribution < -0.4 is 16.0 Å². The number of carbonyl (C=O) groups excluding carboxylic acids is 1. The van der Waals surface area contributed by atoms with Crippen molar-refractivity contribution in [2.45, 2.75) is 26.5 Å². The van der Waals surface area contributed by atoms with E-state index in [-0.39, 0.29) is 12.0 Å². The zero-order valence-corrected chi connectivity index (χ0v) is 16.9. The number of aliphatic imine (C=N–C) groups is 1. The molecule has 0 aromatic heterocycles. The molecule has 0 saturated carbocycles. The van der Waals surface area contributed by atoms with Crippen molar-refractivity contribution in [2.75, 3.05) is 46.9 Å². The third-order valence-electron chi connectivity index (χ3n) is 4.47. The maximum atomic E-state index is 11.6. The first-order chi connectivity index (χ1) is 13.0. The lowest BCUT2D eigenvalue weighted by Gasteiger charge is -2.34. The smallest absolute Gasteiger partial charge is 0.251 e. The standard InChI is InChI=1S/C20H33N5O2/c1-15(2)13-25-9-10-27-18(14-25)12-24-20(22-4)23-11-16-5-7-17(8-6-16)19(26)21-3/h5-8,15,18H,9-14H2,1-4H3,(H,21,26)(H2,22,23,24). The molecule has 1 heterocycles. The molecule has 1 aliphatic rings. The van der Waals surface area contributed by atoms with Gasteiger partial charge in [-0.15, -0.1) is 0 Å². The van der Waals surface area contributed by atoms with Crippen LogP contribution in [-0.4, -0.2) is 69.8 Å². The van der Waals surface area contributed by atoms with Gasteiger partial charge in [0.05, 0.1) is 12.7 Å². The molecule has 1 aromatic carbocycles. The van der Waals surface area contributed by atoms with Crippen LogP contribution in [0.3, 0.4) is 0 Å². The lowest BCUT2D eigenvalue weighted by atomic mass is 10.1. The van der Waals surface area contributed by atoms with Crippen LogP contribution in [-0.2, 0) is 11.3 Å². The van der Waals surface area contributed by atoms with Gasteiger partial charge in [0.15, 0.2) is 5.96 Å². The molecule has 7 nitrogen and oxygen atoms in total. The number of nitrogens with one attached hydrogen (secondary N) is 3. The Bertz CT molecular complexity index is 615. The second kappa shape index (κ2) is 10.9. The van der Waals surface area contributed by atoms with E-state index in [1.54, 1.807) is 14.1 Å². The summed E-state index contributed by atoms with van der Waals surface area (Å²) in [5, 5.41) is 9.27. The van der Waals surface area contributed by atoms with Gasteiger partial charge in [-0.25, -0.2) is 0 Å². The molecule has 1 atom stereocenters. The highest BCUT2D eigenvalue weighted by atomic mass is 16.5. The number of amides is 1. The van der Waals surface area contributed by atoms with Crippen molar-refractivity contribution in [3.05, 3.63) is 35.4 Å². The number of hydrogen-bond acceptors (Lipinski definition) is 4. The minimum absolute atomic E-state index is 0.0778. The van der Waals surface area contributed by atoms with E-state index in [4.69, 9.17) is 4.74 Å². The van der Waals surface area contributed by atoms with E-state index >= 15 is 0 Å². The Balaban J connectivity index is 1.76. The molecule has 0 bridgehead atoms. The van der Waals surface area contributed by atoms with E-state index < -0.39 is 0 Å². The zero-order valence-electron chi connectivity index (χ0n) is 16.9. The third-order valence-corrected chi connectivity index (χ3v) is 4.47. The van der Waals surface area contributed by atoms with Gasteiger partial charge in [0.25, 0.3) is 5.91 Å². The Morgan fingerprint density at radius 3 is 2.67 bits per heavy atom. The molecule has 1 aliphatic heterocycles. The fourth-order valence-electron chi connectivity index (χ4n) is 3.12. The summed E-state index contributed by atoms with van der Waals surface area (Å²) in [4.78, 5) is 18.3. The minimum atomic E-state index is -0.0778. The lowest BCUT2D eigenvalue weighted by Crippen LogP contribution is -2.50. The first-order valence-corrected chi connectivity index (χ1v) is 9.61. The molecule has 150 valence electrons. The third kappa shape index (κ3) is 7.19. The number of morpholine rings is 1. The predicted octanol–water partition coefficient (Wildman–Crippen LogP) is 1.07. The second-order valence-corrected chi connectivity index (χ2v) is 7.23. The van der Waals surface area contributed by atoms with Crippen LogP contribution in [0.2, 0.25) is 0 Å². The first-order valence-electron chi connectivity index (χ1n) is 9.61. The molecular formula is C20H33N5O2. The van der Waals surface area contributed by atoms with Crippen molar-refractivity contribution in [1.82, 2.24) is 20.9 Å². The SMILES string of the molecule is CN=C(NCc1ccc(C(=O)NC)cc1)NCC1CN(CC(C)C)CCO1. The topological polar surface area (TPSA) is 78.0 Å². The largest absolute Gasteiger partial charge is 0.374 e. The van der Waals surface area contributed by atoms with E-state index in [1.807, 2.05) is 24.3 Å². The quantitative estimate of drug-likeness (QED) is 0.491. The molecule has 1 aromatic rings. The van der Waals surface area contributed by atoms with Gasteiger partial charge >= 0.3 is 0 Å². The highest BCUT2D eigenvalue weighted by Crippen LogP contribution is 2.07. The number of guanidine groups is 1. The normalized spacial score (nSPS) is 18.4. The maximum absolute atomic E-state index is 11.6. The molecule has 0 radical (unpaired) electrons. The molecule has 7 heteroatoms. The van der Waals surface area contributed by atoms with Crippen molar-refractivity contribution in [2.24, 2.45) is 10.9 Å². The molecule has 2 rings (SSSR count). The van der Waals surface area contributed by atoms with Gasteiger partial charge < -0.3 is 20.7 Å². The van der Waals surface area contributed by atoms with E-state index in [1.165, 1.54) is 0 Å². The monoisotopic (exact) mass is 375 g/mol. The average molecular weight is 376 g/mol. The summed E-state index contributed by atoms with van der Waals surface area (Å²) in [5.74, 6) is 1.34. The number of benzene rings is 1. The van der Waals surface area contributed by atoms with Crippen LogP contribution in [0.4, 0.5) is 0 Å². The summed E-state index contributed by atoms with van der Waals surface area (Å²) < 4.78 is 5.87. The van der Waals surface area contributed by atoms with Crippen LogP contribution in [0.25, 0.3) is 0 Å². The molecular weight excluding hydrogens is 342 g/mol. The highest BCUT2D eigenvalue weighted by Gasteiger charge is 2.21. The van der Waals surface area contributed by atoms with Gasteiger partial charge in [0, 0.05) is 52.4 Å². The van der Waals surface area contributed by atoms with Gasteiger partial charge in [-0.1, -0.05) is 26.0 Å². The summed E-state index contributed by atoms with van der Waals surface area (Å²) in [7, 11) is 3.39. The van der Waals surface area contributed by atoms with Crippen LogP contribution in [0.5, 0.6) is 0 Å². The van der Waals surface area contributed by atoms with Crippen molar-refractivity contribution >= 4 is 11.9 Å². The number of rotatable bonds is 7. The minimum Gasteiger partial charge on any atom is -0.374 e. The van der Waals surface area contributed by atoms with Gasteiger partial charge in [-0.3, -0.25) is 14.7 Å². The fraction of sp³-hybridized carbons (Fsp3) is 0.600. The summed E-state index contributed by atoms with van der Waals surface area (Å²) in [6.45, 7) is 9.70. The van der Waals surface area contributed by atoms with Crippen LogP contribution in [0.1, 0.15) is 29.8 Å². The van der Waals surface area contributed by atoms with Crippen molar-refractivity contribution in [3.8, 4) is 0 Å². The zero-order chi connectivity index (χ0) is 19.6. The van der Waals surface area contributed by atoms with Crippen LogP contribution in [0.15, 0.2) is 29.3 Å². The highest BCUT2D eigenvalue weighted by molar-refractivity contribution is 5.93. The molecule has 1 amide bonds.